The first kappa shape index (κ1) is 11.3. The van der Waals surface area contributed by atoms with Crippen molar-refractivity contribution in [3.8, 4) is 0 Å². The van der Waals surface area contributed by atoms with Crippen molar-refractivity contribution in [1.82, 2.24) is 20.0 Å². The number of nitrogens with zero attached hydrogens (tertiary/aromatic N) is 5. The summed E-state index contributed by atoms with van der Waals surface area (Å²) < 4.78 is 1.43. The molecule has 2 aromatic rings. The molecule has 0 saturated carbocycles. The SMILES string of the molecule is CN=[C-]n1nnc2cc(C)cnc21.[U]. The number of fused-ring (bicyclic) bond motifs is 1. The second-order valence-electron chi connectivity index (χ2n) is 2.68. The first-order valence-electron chi connectivity index (χ1n) is 3.84. The van der Waals surface area contributed by atoms with Crippen LogP contribution >= 0.6 is 0 Å². The van der Waals surface area contributed by atoms with Crippen LogP contribution in [0.2, 0.25) is 0 Å². The van der Waals surface area contributed by atoms with Crippen LogP contribution in [-0.4, -0.2) is 33.4 Å². The van der Waals surface area contributed by atoms with Crippen molar-refractivity contribution < 1.29 is 31.1 Å². The summed E-state index contributed by atoms with van der Waals surface area (Å²) in [5.41, 5.74) is 2.50. The predicted molar refractivity (Wildman–Crippen MR) is 48.8 cm³/mol. The Labute approximate surface area is 105 Å². The molecule has 2 heterocycles. The van der Waals surface area contributed by atoms with Gasteiger partial charge in [-0.2, -0.15) is 5.10 Å². The largest absolute Gasteiger partial charge is 0.379 e. The molecule has 2 rings (SSSR count). The van der Waals surface area contributed by atoms with E-state index in [0.29, 0.717) is 5.65 Å². The molecule has 0 fully saturated rings. The first-order chi connectivity index (χ1) is 6.31. The number of hydrogen-bond acceptors (Lipinski definition) is 4. The van der Waals surface area contributed by atoms with E-state index < -0.39 is 0 Å². The van der Waals surface area contributed by atoms with Gasteiger partial charge >= 0.3 is 0 Å². The molecule has 0 aromatic carbocycles. The maximum absolute atomic E-state index is 4.17. The Morgan fingerprint density at radius 2 is 2.29 bits per heavy atom. The standard InChI is InChI=1S/C8H8N5.U/c1-6-3-7-8(10-4-6)13(5-9-2)12-11-7;/h3-4H,1-2H3;/q-1;. The minimum absolute atomic E-state index is 0. The van der Waals surface area contributed by atoms with Gasteiger partial charge in [0.25, 0.3) is 0 Å². The topological polar surface area (TPSA) is 56.0 Å². The van der Waals surface area contributed by atoms with Gasteiger partial charge in [0, 0.05) is 55.5 Å². The first-order valence-corrected chi connectivity index (χ1v) is 3.84. The van der Waals surface area contributed by atoms with E-state index in [1.807, 2.05) is 13.0 Å². The maximum atomic E-state index is 4.17. The van der Waals surface area contributed by atoms with E-state index in [1.54, 1.807) is 13.2 Å². The van der Waals surface area contributed by atoms with Crippen molar-refractivity contribution in [3.63, 3.8) is 0 Å². The fourth-order valence-corrected chi connectivity index (χ4v) is 1.08. The average molecular weight is 412 g/mol. The van der Waals surface area contributed by atoms with Crippen LogP contribution in [0.15, 0.2) is 17.3 Å². The van der Waals surface area contributed by atoms with Crippen molar-refractivity contribution in [2.24, 2.45) is 4.99 Å². The second-order valence-corrected chi connectivity index (χ2v) is 2.68. The van der Waals surface area contributed by atoms with Crippen LogP contribution in [0.25, 0.3) is 11.2 Å². The zero-order valence-corrected chi connectivity index (χ0v) is 12.1. The molecule has 2 aromatic heterocycles. The van der Waals surface area contributed by atoms with E-state index in [1.165, 1.54) is 4.68 Å². The third-order valence-corrected chi connectivity index (χ3v) is 1.62. The Balaban J connectivity index is 0.000000980. The molecule has 0 radical (unpaired) electrons. The summed E-state index contributed by atoms with van der Waals surface area (Å²) in [6, 6.07) is 1.92. The van der Waals surface area contributed by atoms with Crippen LogP contribution < -0.4 is 0 Å². The number of pyridine rings is 1. The van der Waals surface area contributed by atoms with Gasteiger partial charge in [-0.1, -0.05) is 5.21 Å². The summed E-state index contributed by atoms with van der Waals surface area (Å²) in [7, 11) is 1.63. The molecule has 14 heavy (non-hydrogen) atoms. The molecule has 0 aliphatic heterocycles. The summed E-state index contributed by atoms with van der Waals surface area (Å²) in [6.45, 7) is 1.96. The Bertz CT molecular complexity index is 462. The van der Waals surface area contributed by atoms with Crippen molar-refractivity contribution in [2.45, 2.75) is 6.92 Å². The predicted octanol–water partition coefficient (Wildman–Crippen LogP) is 0.518. The molecule has 0 saturated heterocycles. The Morgan fingerprint density at radius 1 is 1.50 bits per heavy atom. The molecule has 0 bridgehead atoms. The van der Waals surface area contributed by atoms with Gasteiger partial charge in [0.2, 0.25) is 0 Å². The third kappa shape index (κ3) is 2.02. The maximum Gasteiger partial charge on any atom is 0.0498 e. The fourth-order valence-electron chi connectivity index (χ4n) is 1.08. The van der Waals surface area contributed by atoms with Crippen LogP contribution in [-0.2, 0) is 0 Å². The number of aryl methyl sites for hydroxylation is 1. The molecule has 0 spiro atoms. The third-order valence-electron chi connectivity index (χ3n) is 1.62. The number of aromatic nitrogens is 4. The van der Waals surface area contributed by atoms with Crippen LogP contribution in [0, 0.1) is 38.0 Å². The van der Waals surface area contributed by atoms with Gasteiger partial charge in [-0.05, 0) is 24.9 Å². The number of aliphatic imine (C=N–C) groups is 1. The molecule has 0 N–H and O–H groups in total. The van der Waals surface area contributed by atoms with E-state index in [9.17, 15) is 0 Å². The molecule has 5 nitrogen and oxygen atoms in total. The van der Waals surface area contributed by atoms with E-state index in [4.69, 9.17) is 0 Å². The molecule has 6 heteroatoms. The van der Waals surface area contributed by atoms with Gasteiger partial charge in [-0.25, -0.2) is 0 Å². The summed E-state index contributed by atoms with van der Waals surface area (Å²) in [5.74, 6) is 0. The van der Waals surface area contributed by atoms with E-state index >= 15 is 0 Å². The summed E-state index contributed by atoms with van der Waals surface area (Å²) in [4.78, 5) is 7.90. The van der Waals surface area contributed by atoms with E-state index in [-0.39, 0.29) is 31.1 Å². The minimum atomic E-state index is 0. The van der Waals surface area contributed by atoms with Crippen molar-refractivity contribution in [1.29, 1.82) is 0 Å². The Morgan fingerprint density at radius 3 is 3.00 bits per heavy atom. The quantitative estimate of drug-likeness (QED) is 0.390. The number of rotatable bonds is 1. The van der Waals surface area contributed by atoms with Gasteiger partial charge in [0.05, 0.1) is 0 Å². The molecule has 0 aliphatic carbocycles. The van der Waals surface area contributed by atoms with Gasteiger partial charge in [0.15, 0.2) is 0 Å². The van der Waals surface area contributed by atoms with Crippen molar-refractivity contribution >= 4 is 17.5 Å². The average Bonchev–Trinajstić information content (AvgIpc) is 2.49. The minimum Gasteiger partial charge on any atom is -0.379 e. The Kier molecular flexibility index (Phi) is 3.79. The normalized spacial score (nSPS) is 10.7. The summed E-state index contributed by atoms with van der Waals surface area (Å²) in [5, 5.41) is 7.75. The van der Waals surface area contributed by atoms with Crippen LogP contribution in [0.5, 0.6) is 0 Å². The molecular formula is C8H8N5U-. The zero-order chi connectivity index (χ0) is 9.26. The van der Waals surface area contributed by atoms with Crippen molar-refractivity contribution in [3.05, 3.63) is 17.8 Å². The molecule has 0 aliphatic rings. The van der Waals surface area contributed by atoms with Gasteiger partial charge < -0.3 is 14.7 Å². The van der Waals surface area contributed by atoms with Crippen LogP contribution in [0.3, 0.4) is 0 Å². The Hall–Kier alpha value is -0.728. The van der Waals surface area contributed by atoms with Crippen molar-refractivity contribution in [2.75, 3.05) is 7.05 Å². The van der Waals surface area contributed by atoms with Gasteiger partial charge in [0.1, 0.15) is 0 Å². The molecular weight excluding hydrogens is 404 g/mol. The molecule has 0 amide bonds. The van der Waals surface area contributed by atoms with E-state index in [2.05, 4.69) is 26.6 Å². The smallest absolute Gasteiger partial charge is 0.0498 e. The molecule has 0 unspecified atom stereocenters. The molecule has 0 atom stereocenters. The van der Waals surface area contributed by atoms with Crippen LogP contribution in [0.4, 0.5) is 0 Å². The van der Waals surface area contributed by atoms with E-state index in [0.717, 1.165) is 11.1 Å². The summed E-state index contributed by atoms with van der Waals surface area (Å²) >= 11 is 0. The van der Waals surface area contributed by atoms with Gasteiger partial charge in [-0.3, -0.25) is 0 Å². The van der Waals surface area contributed by atoms with Crippen LogP contribution in [0.1, 0.15) is 5.56 Å². The second kappa shape index (κ2) is 4.67. The fraction of sp³-hybridized carbons (Fsp3) is 0.250. The monoisotopic (exact) mass is 412 g/mol. The summed E-state index contributed by atoms with van der Waals surface area (Å²) in [6.07, 6.45) is 4.42. The zero-order valence-electron chi connectivity index (χ0n) is 7.89. The van der Waals surface area contributed by atoms with Gasteiger partial charge in [-0.15, -0.1) is 0 Å². The molecule has 70 valence electrons. The number of hydrogen-bond donors (Lipinski definition) is 0.